The van der Waals surface area contributed by atoms with Gasteiger partial charge in [-0.15, -0.1) is 0 Å². The van der Waals surface area contributed by atoms with Gasteiger partial charge in [-0.1, -0.05) is 11.6 Å². The minimum atomic E-state index is -1.26. The third kappa shape index (κ3) is 1.67. The lowest BCUT2D eigenvalue weighted by Crippen LogP contribution is -2.41. The number of aliphatic hydroxyl groups excluding tert-OH is 1. The Balaban J connectivity index is 2.40. The Kier molecular flexibility index (Phi) is 2.34. The van der Waals surface area contributed by atoms with E-state index in [0.717, 1.165) is 6.20 Å². The molecule has 6 heteroatoms. The number of aliphatic imine (C=N–C) groups is 1. The number of fused-ring (bicyclic) bond motifs is 1. The minimum absolute atomic E-state index is 0.185. The molecule has 0 bridgehead atoms. The first-order chi connectivity index (χ1) is 7.09. The maximum atomic E-state index is 10.7. The molecule has 0 aliphatic carbocycles. The SMILES string of the molecule is O=C(O)C1=CN=C2C=CC(Cl)=CN2[C@H]1O. The van der Waals surface area contributed by atoms with Crippen LogP contribution in [0.2, 0.25) is 0 Å². The number of amidine groups is 1. The zero-order valence-corrected chi connectivity index (χ0v) is 8.22. The first-order valence-corrected chi connectivity index (χ1v) is 4.50. The second-order valence-corrected chi connectivity index (χ2v) is 3.44. The van der Waals surface area contributed by atoms with Crippen molar-refractivity contribution in [1.29, 1.82) is 0 Å². The fourth-order valence-corrected chi connectivity index (χ4v) is 1.47. The fraction of sp³-hybridized carbons (Fsp3) is 0.111. The number of carboxylic acid groups (broad SMARTS) is 1. The third-order valence-corrected chi connectivity index (χ3v) is 2.27. The van der Waals surface area contributed by atoms with Gasteiger partial charge in [-0.3, -0.25) is 0 Å². The highest BCUT2D eigenvalue weighted by Crippen LogP contribution is 2.22. The Hall–Kier alpha value is -1.59. The van der Waals surface area contributed by atoms with E-state index < -0.39 is 12.2 Å². The summed E-state index contributed by atoms with van der Waals surface area (Å²) < 4.78 is 0. The van der Waals surface area contributed by atoms with Crippen LogP contribution in [0.25, 0.3) is 0 Å². The number of aliphatic carboxylic acids is 1. The Morgan fingerprint density at radius 2 is 2.27 bits per heavy atom. The Bertz CT molecular complexity index is 437. The van der Waals surface area contributed by atoms with Crippen molar-refractivity contribution in [3.63, 3.8) is 0 Å². The second-order valence-electron chi connectivity index (χ2n) is 3.01. The van der Waals surface area contributed by atoms with Crippen molar-refractivity contribution < 1.29 is 15.0 Å². The summed E-state index contributed by atoms with van der Waals surface area (Å²) in [6.45, 7) is 0. The van der Waals surface area contributed by atoms with Crippen molar-refractivity contribution in [2.24, 2.45) is 4.99 Å². The fourth-order valence-electron chi connectivity index (χ4n) is 1.31. The molecule has 0 saturated carbocycles. The number of hydrogen-bond acceptors (Lipinski definition) is 4. The zero-order chi connectivity index (χ0) is 11.0. The lowest BCUT2D eigenvalue weighted by Gasteiger charge is -2.30. The van der Waals surface area contributed by atoms with Gasteiger partial charge in [0.25, 0.3) is 0 Å². The first-order valence-electron chi connectivity index (χ1n) is 4.12. The summed E-state index contributed by atoms with van der Waals surface area (Å²) in [5, 5.41) is 18.9. The lowest BCUT2D eigenvalue weighted by atomic mass is 10.2. The van der Waals surface area contributed by atoms with Crippen LogP contribution >= 0.6 is 11.6 Å². The normalized spacial score (nSPS) is 24.0. The highest BCUT2D eigenvalue weighted by Gasteiger charge is 2.29. The van der Waals surface area contributed by atoms with Crippen LogP contribution in [0.3, 0.4) is 0 Å². The van der Waals surface area contributed by atoms with Gasteiger partial charge in [-0.25, -0.2) is 9.79 Å². The number of carbonyl (C=O) groups is 1. The largest absolute Gasteiger partial charge is 0.478 e. The van der Waals surface area contributed by atoms with Gasteiger partial charge >= 0.3 is 5.97 Å². The van der Waals surface area contributed by atoms with Crippen LogP contribution in [0.5, 0.6) is 0 Å². The van der Waals surface area contributed by atoms with Gasteiger partial charge in [0.2, 0.25) is 0 Å². The summed E-state index contributed by atoms with van der Waals surface area (Å²) in [6, 6.07) is 0. The van der Waals surface area contributed by atoms with Crippen LogP contribution in [0, 0.1) is 0 Å². The Labute approximate surface area is 90.3 Å². The molecule has 2 heterocycles. The molecular weight excluding hydrogens is 220 g/mol. The summed E-state index contributed by atoms with van der Waals surface area (Å²) in [6.07, 6.45) is 4.52. The van der Waals surface area contributed by atoms with Crippen molar-refractivity contribution in [3.05, 3.63) is 35.2 Å². The summed E-state index contributed by atoms with van der Waals surface area (Å²) in [5.41, 5.74) is -0.185. The molecule has 2 aliphatic rings. The summed E-state index contributed by atoms with van der Waals surface area (Å²) >= 11 is 5.73. The summed E-state index contributed by atoms with van der Waals surface area (Å²) in [5.74, 6) is -0.749. The number of aliphatic hydroxyl groups is 1. The molecule has 0 unspecified atom stereocenters. The van der Waals surface area contributed by atoms with E-state index in [0.29, 0.717) is 10.9 Å². The first kappa shape index (κ1) is 9.95. The number of nitrogens with zero attached hydrogens (tertiary/aromatic N) is 2. The monoisotopic (exact) mass is 226 g/mol. The van der Waals surface area contributed by atoms with Gasteiger partial charge in [-0.05, 0) is 12.2 Å². The van der Waals surface area contributed by atoms with Crippen LogP contribution < -0.4 is 0 Å². The van der Waals surface area contributed by atoms with Gasteiger partial charge < -0.3 is 15.1 Å². The van der Waals surface area contributed by atoms with Crippen molar-refractivity contribution in [3.8, 4) is 0 Å². The van der Waals surface area contributed by atoms with Gasteiger partial charge in [0.05, 0.1) is 5.03 Å². The molecule has 0 radical (unpaired) electrons. The minimum Gasteiger partial charge on any atom is -0.478 e. The smallest absolute Gasteiger partial charge is 0.337 e. The van der Waals surface area contributed by atoms with Crippen molar-refractivity contribution in [2.45, 2.75) is 6.23 Å². The molecule has 0 aromatic rings. The highest BCUT2D eigenvalue weighted by molar-refractivity contribution is 6.32. The van der Waals surface area contributed by atoms with Gasteiger partial charge in [0, 0.05) is 12.4 Å². The van der Waals surface area contributed by atoms with Crippen LogP contribution in [0.4, 0.5) is 0 Å². The maximum Gasteiger partial charge on any atom is 0.337 e. The topological polar surface area (TPSA) is 73.1 Å². The molecule has 0 saturated heterocycles. The second kappa shape index (κ2) is 3.52. The molecule has 0 spiro atoms. The van der Waals surface area contributed by atoms with Gasteiger partial charge in [0.15, 0.2) is 6.23 Å². The molecule has 0 amide bonds. The van der Waals surface area contributed by atoms with Crippen LogP contribution in [0.1, 0.15) is 0 Å². The maximum absolute atomic E-state index is 10.7. The quantitative estimate of drug-likeness (QED) is 0.688. The van der Waals surface area contributed by atoms with Crippen molar-refractivity contribution in [2.75, 3.05) is 0 Å². The molecule has 0 fully saturated rings. The van der Waals surface area contributed by atoms with E-state index in [1.165, 1.54) is 11.1 Å². The van der Waals surface area contributed by atoms with E-state index in [1.807, 2.05) is 0 Å². The van der Waals surface area contributed by atoms with Crippen molar-refractivity contribution >= 4 is 23.4 Å². The van der Waals surface area contributed by atoms with Crippen molar-refractivity contribution in [1.82, 2.24) is 4.90 Å². The van der Waals surface area contributed by atoms with E-state index in [-0.39, 0.29) is 5.57 Å². The molecule has 1 atom stereocenters. The number of hydrogen-bond donors (Lipinski definition) is 2. The number of halogens is 1. The number of allylic oxidation sites excluding steroid dienone is 2. The number of carboxylic acids is 1. The highest BCUT2D eigenvalue weighted by atomic mass is 35.5. The van der Waals surface area contributed by atoms with E-state index in [2.05, 4.69) is 4.99 Å². The molecule has 78 valence electrons. The van der Waals surface area contributed by atoms with Gasteiger partial charge in [-0.2, -0.15) is 0 Å². The predicted octanol–water partition coefficient (Wildman–Crippen LogP) is 0.637. The van der Waals surface area contributed by atoms with Crippen LogP contribution in [-0.2, 0) is 4.79 Å². The predicted molar refractivity (Wildman–Crippen MR) is 54.1 cm³/mol. The molecule has 2 rings (SSSR count). The van der Waals surface area contributed by atoms with E-state index >= 15 is 0 Å². The van der Waals surface area contributed by atoms with Crippen LogP contribution in [0.15, 0.2) is 40.1 Å². The Morgan fingerprint density at radius 3 is 2.93 bits per heavy atom. The lowest BCUT2D eigenvalue weighted by molar-refractivity contribution is -0.134. The van der Waals surface area contributed by atoms with E-state index in [9.17, 15) is 9.90 Å². The third-order valence-electron chi connectivity index (χ3n) is 2.04. The summed E-state index contributed by atoms with van der Waals surface area (Å²) in [4.78, 5) is 15.9. The van der Waals surface area contributed by atoms with Crippen LogP contribution in [-0.4, -0.2) is 33.1 Å². The molecule has 2 aliphatic heterocycles. The van der Waals surface area contributed by atoms with E-state index in [1.54, 1.807) is 12.2 Å². The van der Waals surface area contributed by atoms with E-state index in [4.69, 9.17) is 16.7 Å². The molecule has 15 heavy (non-hydrogen) atoms. The van der Waals surface area contributed by atoms with Gasteiger partial charge in [0.1, 0.15) is 11.4 Å². The molecule has 0 aromatic carbocycles. The molecule has 2 N–H and O–H groups in total. The molecular formula is C9H7ClN2O3. The average molecular weight is 227 g/mol. The Morgan fingerprint density at radius 1 is 1.53 bits per heavy atom. The number of rotatable bonds is 1. The average Bonchev–Trinajstić information content (AvgIpc) is 2.19. The molecule has 0 aromatic heterocycles. The zero-order valence-electron chi connectivity index (χ0n) is 7.46. The molecule has 5 nitrogen and oxygen atoms in total. The summed E-state index contributed by atoms with van der Waals surface area (Å²) in [7, 11) is 0. The standard InChI is InChI=1S/C9H7ClN2O3/c10-5-1-2-7-11-3-6(9(14)15)8(13)12(7)4-5/h1-4,8,13H,(H,14,15)/t8-/m0/s1.